The van der Waals surface area contributed by atoms with E-state index in [4.69, 9.17) is 0 Å². The van der Waals surface area contributed by atoms with Crippen molar-refractivity contribution >= 4 is 23.1 Å². The van der Waals surface area contributed by atoms with Gasteiger partial charge < -0.3 is 5.32 Å². The van der Waals surface area contributed by atoms with Gasteiger partial charge in [0.05, 0.1) is 0 Å². The molecule has 1 rings (SSSR count). The molecule has 1 aromatic heterocycles. The first-order chi connectivity index (χ1) is 9.17. The summed E-state index contributed by atoms with van der Waals surface area (Å²) in [5.74, 6) is 1.25. The van der Waals surface area contributed by atoms with Crippen molar-refractivity contribution < 1.29 is 0 Å². The molecule has 110 valence electrons. The van der Waals surface area contributed by atoms with E-state index in [1.54, 1.807) is 0 Å². The molecule has 4 heteroatoms. The van der Waals surface area contributed by atoms with E-state index < -0.39 is 0 Å². The lowest BCUT2D eigenvalue weighted by atomic mass is 10.2. The van der Waals surface area contributed by atoms with Crippen LogP contribution in [0.4, 0.5) is 0 Å². The molecule has 1 unspecified atom stereocenters. The molecule has 2 nitrogen and oxygen atoms in total. The number of thioether (sulfide) groups is 1. The average molecular weight is 301 g/mol. The largest absolute Gasteiger partial charge is 0.312 e. The molecule has 0 aliphatic heterocycles. The summed E-state index contributed by atoms with van der Waals surface area (Å²) >= 11 is 3.88. The predicted octanol–water partition coefficient (Wildman–Crippen LogP) is 3.82. The highest BCUT2D eigenvalue weighted by molar-refractivity contribution is 7.98. The Balaban J connectivity index is 2.35. The lowest BCUT2D eigenvalue weighted by molar-refractivity contribution is 0.247. The molecule has 0 saturated heterocycles. The number of hydrogen-bond acceptors (Lipinski definition) is 4. The van der Waals surface area contributed by atoms with Crippen LogP contribution in [0.3, 0.4) is 0 Å². The third-order valence-electron chi connectivity index (χ3n) is 3.34. The minimum atomic E-state index is 0.663. The Hall–Kier alpha value is -0.0300. The van der Waals surface area contributed by atoms with Crippen molar-refractivity contribution in [2.45, 2.75) is 45.8 Å². The van der Waals surface area contributed by atoms with Crippen molar-refractivity contribution in [2.24, 2.45) is 0 Å². The summed E-state index contributed by atoms with van der Waals surface area (Å²) < 4.78 is 0. The average Bonchev–Trinajstić information content (AvgIpc) is 2.83. The lowest BCUT2D eigenvalue weighted by Gasteiger charge is -2.23. The van der Waals surface area contributed by atoms with Gasteiger partial charge in [0.2, 0.25) is 0 Å². The van der Waals surface area contributed by atoms with E-state index in [2.05, 4.69) is 49.5 Å². The van der Waals surface area contributed by atoms with Gasteiger partial charge in [-0.25, -0.2) is 0 Å². The van der Waals surface area contributed by atoms with Crippen molar-refractivity contribution in [3.05, 3.63) is 21.9 Å². The topological polar surface area (TPSA) is 15.3 Å². The van der Waals surface area contributed by atoms with Crippen molar-refractivity contribution in [2.75, 3.05) is 25.6 Å². The highest BCUT2D eigenvalue weighted by Crippen LogP contribution is 2.19. The van der Waals surface area contributed by atoms with Crippen LogP contribution in [0.15, 0.2) is 12.1 Å². The molecule has 0 aliphatic rings. The first-order valence-corrected chi connectivity index (χ1v) is 9.35. The van der Waals surface area contributed by atoms with E-state index in [1.807, 2.05) is 23.1 Å². The zero-order valence-electron chi connectivity index (χ0n) is 12.7. The zero-order chi connectivity index (χ0) is 14.1. The van der Waals surface area contributed by atoms with Gasteiger partial charge in [-0.15, -0.1) is 11.3 Å². The highest BCUT2D eigenvalue weighted by atomic mass is 32.2. The maximum Gasteiger partial charge on any atom is 0.0327 e. The van der Waals surface area contributed by atoms with Crippen molar-refractivity contribution in [3.63, 3.8) is 0 Å². The Kier molecular flexibility index (Phi) is 8.79. The van der Waals surface area contributed by atoms with Crippen LogP contribution in [0.25, 0.3) is 0 Å². The molecular weight excluding hydrogens is 272 g/mol. The number of hydrogen-bond donors (Lipinski definition) is 1. The molecule has 1 N–H and O–H groups in total. The van der Waals surface area contributed by atoms with Crippen molar-refractivity contribution in [1.29, 1.82) is 0 Å². The van der Waals surface area contributed by atoms with Crippen LogP contribution in [-0.4, -0.2) is 36.5 Å². The second-order valence-corrected chi connectivity index (χ2v) is 7.33. The van der Waals surface area contributed by atoms with Crippen molar-refractivity contribution in [3.8, 4) is 0 Å². The van der Waals surface area contributed by atoms with E-state index in [0.29, 0.717) is 6.04 Å². The standard InChI is InChI=1S/C15H28N2S2/c1-5-9-16-11-14-6-7-15(19-14)12-17(3)13(2)8-10-18-4/h6-7,13,16H,5,8-12H2,1-4H3. The molecule has 0 bridgehead atoms. The monoisotopic (exact) mass is 300 g/mol. The second kappa shape index (κ2) is 9.81. The van der Waals surface area contributed by atoms with E-state index in [0.717, 1.165) is 19.6 Å². The molecule has 1 heterocycles. The number of nitrogens with one attached hydrogen (secondary N) is 1. The van der Waals surface area contributed by atoms with Gasteiger partial charge in [-0.3, -0.25) is 4.90 Å². The number of rotatable bonds is 10. The molecule has 1 aromatic rings. The second-order valence-electron chi connectivity index (χ2n) is 5.09. The van der Waals surface area contributed by atoms with E-state index in [9.17, 15) is 0 Å². The van der Waals surface area contributed by atoms with E-state index in [1.165, 1.54) is 28.3 Å². The van der Waals surface area contributed by atoms with Crippen LogP contribution in [-0.2, 0) is 13.1 Å². The van der Waals surface area contributed by atoms with Crippen LogP contribution in [0.2, 0.25) is 0 Å². The molecular formula is C15H28N2S2. The molecule has 0 spiro atoms. The lowest BCUT2D eigenvalue weighted by Crippen LogP contribution is -2.28. The Morgan fingerprint density at radius 1 is 1.37 bits per heavy atom. The van der Waals surface area contributed by atoms with Crippen LogP contribution in [0, 0.1) is 0 Å². The SMILES string of the molecule is CCCNCc1ccc(CN(C)C(C)CCSC)s1. The van der Waals surface area contributed by atoms with Crippen LogP contribution >= 0.6 is 23.1 Å². The minimum absolute atomic E-state index is 0.663. The summed E-state index contributed by atoms with van der Waals surface area (Å²) in [7, 11) is 2.24. The molecule has 0 amide bonds. The Morgan fingerprint density at radius 3 is 2.79 bits per heavy atom. The summed E-state index contributed by atoms with van der Waals surface area (Å²) in [6.07, 6.45) is 4.66. The van der Waals surface area contributed by atoms with Gasteiger partial charge in [-0.2, -0.15) is 11.8 Å². The van der Waals surface area contributed by atoms with Crippen LogP contribution in [0.1, 0.15) is 36.4 Å². The Morgan fingerprint density at radius 2 is 2.11 bits per heavy atom. The van der Waals surface area contributed by atoms with Gasteiger partial charge in [-0.05, 0) is 57.5 Å². The van der Waals surface area contributed by atoms with Crippen molar-refractivity contribution in [1.82, 2.24) is 10.2 Å². The summed E-state index contributed by atoms with van der Waals surface area (Å²) in [6.45, 7) is 7.74. The Labute approximate surface area is 127 Å². The molecule has 0 aromatic carbocycles. The smallest absolute Gasteiger partial charge is 0.0327 e. The highest BCUT2D eigenvalue weighted by Gasteiger charge is 2.10. The zero-order valence-corrected chi connectivity index (χ0v) is 14.4. The maximum atomic E-state index is 3.46. The minimum Gasteiger partial charge on any atom is -0.312 e. The van der Waals surface area contributed by atoms with E-state index >= 15 is 0 Å². The number of nitrogens with zero attached hydrogens (tertiary/aromatic N) is 1. The predicted molar refractivity (Wildman–Crippen MR) is 90.2 cm³/mol. The summed E-state index contributed by atoms with van der Waals surface area (Å²) in [4.78, 5) is 5.39. The van der Waals surface area contributed by atoms with Gasteiger partial charge in [-0.1, -0.05) is 6.92 Å². The Bertz CT molecular complexity index is 339. The van der Waals surface area contributed by atoms with Gasteiger partial charge in [0, 0.05) is 28.9 Å². The third-order valence-corrected chi connectivity index (χ3v) is 5.05. The summed E-state index contributed by atoms with van der Waals surface area (Å²) in [5, 5.41) is 3.46. The quantitative estimate of drug-likeness (QED) is 0.661. The molecule has 19 heavy (non-hydrogen) atoms. The molecule has 0 radical (unpaired) electrons. The number of thiophene rings is 1. The molecule has 0 fully saturated rings. The van der Waals surface area contributed by atoms with Crippen LogP contribution in [0.5, 0.6) is 0 Å². The maximum absolute atomic E-state index is 3.46. The van der Waals surface area contributed by atoms with E-state index in [-0.39, 0.29) is 0 Å². The van der Waals surface area contributed by atoms with Gasteiger partial charge >= 0.3 is 0 Å². The fourth-order valence-electron chi connectivity index (χ4n) is 1.90. The normalized spacial score (nSPS) is 13.1. The summed E-state index contributed by atoms with van der Waals surface area (Å²) in [6, 6.07) is 5.21. The molecule has 1 atom stereocenters. The first-order valence-electron chi connectivity index (χ1n) is 7.14. The third kappa shape index (κ3) is 6.80. The van der Waals surface area contributed by atoms with Crippen LogP contribution < -0.4 is 5.32 Å². The fraction of sp³-hybridized carbons (Fsp3) is 0.733. The summed E-state index contributed by atoms with van der Waals surface area (Å²) in [5.41, 5.74) is 0. The molecule has 0 saturated carbocycles. The van der Waals surface area contributed by atoms with Gasteiger partial charge in [0.25, 0.3) is 0 Å². The van der Waals surface area contributed by atoms with Gasteiger partial charge in [0.1, 0.15) is 0 Å². The first kappa shape index (κ1) is 17.0. The molecule has 0 aliphatic carbocycles. The fourth-order valence-corrected chi connectivity index (χ4v) is 3.53. The van der Waals surface area contributed by atoms with Gasteiger partial charge in [0.15, 0.2) is 0 Å².